The Labute approximate surface area is 89.0 Å². The molecule has 0 N–H and O–H groups in total. The highest BCUT2D eigenvalue weighted by molar-refractivity contribution is 9.11. The van der Waals surface area contributed by atoms with Crippen LogP contribution in [-0.4, -0.2) is 0 Å². The van der Waals surface area contributed by atoms with Crippen LogP contribution in [0.4, 0.5) is 0 Å². The first kappa shape index (κ1) is 10.8. The van der Waals surface area contributed by atoms with Crippen molar-refractivity contribution >= 4 is 15.9 Å². The van der Waals surface area contributed by atoms with Crippen molar-refractivity contribution in [3.05, 3.63) is 10.6 Å². The van der Waals surface area contributed by atoms with Gasteiger partial charge in [0.2, 0.25) is 0 Å². The topological polar surface area (TPSA) is 23.8 Å². The first-order chi connectivity index (χ1) is 6.23. The van der Waals surface area contributed by atoms with Crippen molar-refractivity contribution in [3.63, 3.8) is 0 Å². The summed E-state index contributed by atoms with van der Waals surface area (Å²) in [6, 6.07) is 2.24. The lowest BCUT2D eigenvalue weighted by Gasteiger charge is -2.35. The van der Waals surface area contributed by atoms with Gasteiger partial charge < -0.3 is 0 Å². The van der Waals surface area contributed by atoms with Crippen molar-refractivity contribution in [2.24, 2.45) is 5.41 Å². The molecule has 0 aliphatic heterocycles. The van der Waals surface area contributed by atoms with Gasteiger partial charge in [-0.2, -0.15) is 5.26 Å². The normalized spacial score (nSPS) is 31.6. The minimum Gasteiger partial charge on any atom is -0.198 e. The zero-order valence-corrected chi connectivity index (χ0v) is 9.73. The first-order valence-electron chi connectivity index (χ1n) is 4.89. The highest BCUT2D eigenvalue weighted by atomic mass is 79.9. The van der Waals surface area contributed by atoms with Crippen LogP contribution in [0.25, 0.3) is 0 Å². The van der Waals surface area contributed by atoms with Crippen LogP contribution in [0, 0.1) is 16.7 Å². The van der Waals surface area contributed by atoms with E-state index in [1.54, 1.807) is 0 Å². The Morgan fingerprint density at radius 1 is 1.62 bits per heavy atom. The van der Waals surface area contributed by atoms with Gasteiger partial charge in [0, 0.05) is 6.42 Å². The standard InChI is InChI=1S/C11H16BrN/c1-11(7-4-8-13)6-3-2-5-10(11)9-12/h9H,2-7H2,1H3/b10-9+/t11-/m1/s1. The molecule has 0 saturated heterocycles. The second-order valence-corrected chi connectivity index (χ2v) is 4.52. The summed E-state index contributed by atoms with van der Waals surface area (Å²) in [6.07, 6.45) is 6.76. The number of halogens is 1. The van der Waals surface area contributed by atoms with E-state index in [4.69, 9.17) is 5.26 Å². The van der Waals surface area contributed by atoms with Crippen LogP contribution >= 0.6 is 15.9 Å². The van der Waals surface area contributed by atoms with Crippen LogP contribution in [0.5, 0.6) is 0 Å². The predicted molar refractivity (Wildman–Crippen MR) is 58.4 cm³/mol. The van der Waals surface area contributed by atoms with Crippen molar-refractivity contribution < 1.29 is 0 Å². The Bertz CT molecular complexity index is 239. The van der Waals surface area contributed by atoms with E-state index in [1.165, 1.54) is 31.3 Å². The van der Waals surface area contributed by atoms with E-state index < -0.39 is 0 Å². The third-order valence-corrected chi connectivity index (χ3v) is 3.67. The number of allylic oxidation sites excluding steroid dienone is 1. The molecule has 0 amide bonds. The van der Waals surface area contributed by atoms with E-state index in [-0.39, 0.29) is 5.41 Å². The van der Waals surface area contributed by atoms with Crippen LogP contribution in [0.2, 0.25) is 0 Å². The fraction of sp³-hybridized carbons (Fsp3) is 0.727. The number of nitrogens with zero attached hydrogens (tertiary/aromatic N) is 1. The molecule has 1 fully saturated rings. The third-order valence-electron chi connectivity index (χ3n) is 3.12. The molecule has 1 atom stereocenters. The highest BCUT2D eigenvalue weighted by Crippen LogP contribution is 2.44. The van der Waals surface area contributed by atoms with Gasteiger partial charge >= 0.3 is 0 Å². The molecule has 0 aromatic heterocycles. The molecular weight excluding hydrogens is 226 g/mol. The van der Waals surface area contributed by atoms with Gasteiger partial charge in [0.15, 0.2) is 0 Å². The lowest BCUT2D eigenvalue weighted by atomic mass is 9.70. The fourth-order valence-electron chi connectivity index (χ4n) is 2.10. The molecule has 1 rings (SSSR count). The molecule has 1 aliphatic carbocycles. The van der Waals surface area contributed by atoms with E-state index in [0.717, 1.165) is 6.42 Å². The van der Waals surface area contributed by atoms with Gasteiger partial charge in [-0.05, 0) is 36.1 Å². The number of rotatable bonds is 2. The van der Waals surface area contributed by atoms with Gasteiger partial charge in [-0.25, -0.2) is 0 Å². The summed E-state index contributed by atoms with van der Waals surface area (Å²) in [7, 11) is 0. The quantitative estimate of drug-likeness (QED) is 0.713. The molecule has 0 aromatic rings. The smallest absolute Gasteiger partial charge is 0.0622 e. The van der Waals surface area contributed by atoms with Crippen LogP contribution in [-0.2, 0) is 0 Å². The molecule has 0 unspecified atom stereocenters. The summed E-state index contributed by atoms with van der Waals surface area (Å²) < 4.78 is 0. The van der Waals surface area contributed by atoms with E-state index >= 15 is 0 Å². The summed E-state index contributed by atoms with van der Waals surface area (Å²) in [5, 5.41) is 8.59. The molecule has 1 aliphatic rings. The Hall–Kier alpha value is -0.290. The summed E-state index contributed by atoms with van der Waals surface area (Å²) in [5.74, 6) is 0. The molecule has 0 radical (unpaired) electrons. The van der Waals surface area contributed by atoms with Crippen molar-refractivity contribution in [2.45, 2.75) is 45.4 Å². The van der Waals surface area contributed by atoms with Gasteiger partial charge in [-0.3, -0.25) is 0 Å². The molecule has 1 nitrogen and oxygen atoms in total. The molecule has 2 heteroatoms. The van der Waals surface area contributed by atoms with Gasteiger partial charge in [-0.15, -0.1) is 0 Å². The van der Waals surface area contributed by atoms with Crippen LogP contribution in [0.15, 0.2) is 10.6 Å². The van der Waals surface area contributed by atoms with E-state index in [1.807, 2.05) is 0 Å². The van der Waals surface area contributed by atoms with Gasteiger partial charge in [0.25, 0.3) is 0 Å². The molecule has 0 bridgehead atoms. The second kappa shape index (κ2) is 4.81. The summed E-state index contributed by atoms with van der Waals surface area (Å²) in [6.45, 7) is 2.29. The fourth-order valence-corrected chi connectivity index (χ4v) is 2.88. The largest absolute Gasteiger partial charge is 0.198 e. The summed E-state index contributed by atoms with van der Waals surface area (Å²) >= 11 is 3.43. The molecule has 13 heavy (non-hydrogen) atoms. The third kappa shape index (κ3) is 2.57. The lowest BCUT2D eigenvalue weighted by Crippen LogP contribution is -2.22. The van der Waals surface area contributed by atoms with E-state index in [9.17, 15) is 0 Å². The van der Waals surface area contributed by atoms with Gasteiger partial charge in [0.1, 0.15) is 0 Å². The molecule has 0 aromatic carbocycles. The van der Waals surface area contributed by atoms with E-state index in [0.29, 0.717) is 6.42 Å². The minimum atomic E-state index is 0.289. The second-order valence-electron chi connectivity index (χ2n) is 4.06. The lowest BCUT2D eigenvalue weighted by molar-refractivity contribution is 0.285. The van der Waals surface area contributed by atoms with Gasteiger partial charge in [0.05, 0.1) is 6.07 Å². The molecule has 0 heterocycles. The summed E-state index contributed by atoms with van der Waals surface area (Å²) in [5.41, 5.74) is 1.78. The molecular formula is C11H16BrN. The van der Waals surface area contributed by atoms with Crippen molar-refractivity contribution in [3.8, 4) is 6.07 Å². The highest BCUT2D eigenvalue weighted by Gasteiger charge is 2.30. The van der Waals surface area contributed by atoms with Crippen LogP contribution < -0.4 is 0 Å². The zero-order valence-electron chi connectivity index (χ0n) is 8.15. The monoisotopic (exact) mass is 241 g/mol. The number of hydrogen-bond acceptors (Lipinski definition) is 1. The van der Waals surface area contributed by atoms with Crippen molar-refractivity contribution in [2.75, 3.05) is 0 Å². The van der Waals surface area contributed by atoms with Crippen LogP contribution in [0.3, 0.4) is 0 Å². The average molecular weight is 242 g/mol. The zero-order chi connectivity index (χ0) is 9.73. The summed E-state index contributed by atoms with van der Waals surface area (Å²) in [4.78, 5) is 2.07. The van der Waals surface area contributed by atoms with E-state index in [2.05, 4.69) is 33.9 Å². The molecule has 0 spiro atoms. The number of nitriles is 1. The number of hydrogen-bond donors (Lipinski definition) is 0. The first-order valence-corrected chi connectivity index (χ1v) is 5.81. The maximum absolute atomic E-state index is 8.59. The Kier molecular flexibility index (Phi) is 3.99. The Morgan fingerprint density at radius 2 is 2.38 bits per heavy atom. The van der Waals surface area contributed by atoms with Gasteiger partial charge in [-0.1, -0.05) is 34.8 Å². The van der Waals surface area contributed by atoms with Crippen LogP contribution in [0.1, 0.15) is 45.4 Å². The van der Waals surface area contributed by atoms with Crippen molar-refractivity contribution in [1.82, 2.24) is 0 Å². The molecule has 1 saturated carbocycles. The van der Waals surface area contributed by atoms with Crippen molar-refractivity contribution in [1.29, 1.82) is 5.26 Å². The predicted octanol–water partition coefficient (Wildman–Crippen LogP) is 4.15. The Morgan fingerprint density at radius 3 is 3.00 bits per heavy atom. The maximum atomic E-state index is 8.59. The average Bonchev–Trinajstić information content (AvgIpc) is 2.16. The molecule has 72 valence electrons. The maximum Gasteiger partial charge on any atom is 0.0622 e. The SMILES string of the molecule is C[C@]1(CCC#N)CCCC/C1=C\Br. The Balaban J connectivity index is 2.67. The minimum absolute atomic E-state index is 0.289.